The molecule has 0 aliphatic rings. The van der Waals surface area contributed by atoms with Gasteiger partial charge in [0, 0.05) is 16.9 Å². The molecule has 3 N–H and O–H groups in total. The topological polar surface area (TPSA) is 70.2 Å². The molecule has 6 heteroatoms. The van der Waals surface area contributed by atoms with Crippen LogP contribution in [0.2, 0.25) is 5.02 Å². The van der Waals surface area contributed by atoms with E-state index >= 15 is 0 Å². The summed E-state index contributed by atoms with van der Waals surface area (Å²) in [4.78, 5) is 24.4. The first kappa shape index (κ1) is 19.5. The lowest BCUT2D eigenvalue weighted by Crippen LogP contribution is -2.21. The molecular formula is C22H20ClN3O2. The fraction of sp³-hybridized carbons (Fsp3) is 0.0909. The van der Waals surface area contributed by atoms with Crippen molar-refractivity contribution in [1.29, 1.82) is 0 Å². The molecule has 28 heavy (non-hydrogen) atoms. The molecule has 0 saturated carbocycles. The summed E-state index contributed by atoms with van der Waals surface area (Å²) in [5.74, 6) is -0.374. The van der Waals surface area contributed by atoms with Gasteiger partial charge in [-0.15, -0.1) is 0 Å². The molecule has 0 aromatic heterocycles. The number of halogens is 1. The van der Waals surface area contributed by atoms with E-state index in [9.17, 15) is 9.59 Å². The van der Waals surface area contributed by atoms with Crippen LogP contribution in [0.25, 0.3) is 0 Å². The van der Waals surface area contributed by atoms with E-state index in [1.165, 1.54) is 0 Å². The molecule has 0 aliphatic carbocycles. The van der Waals surface area contributed by atoms with Crippen molar-refractivity contribution in [1.82, 2.24) is 0 Å². The molecule has 0 heterocycles. The Morgan fingerprint density at radius 2 is 1.54 bits per heavy atom. The van der Waals surface area contributed by atoms with Gasteiger partial charge in [0.15, 0.2) is 0 Å². The first-order valence-corrected chi connectivity index (χ1v) is 9.15. The number of hydrogen-bond acceptors (Lipinski definition) is 3. The molecule has 0 radical (unpaired) electrons. The SMILES string of the molecule is Cc1cccc(C(=O)Nc2ccc(NC(=O)CNc3ccccc3Cl)cc2)c1. The molecule has 0 aliphatic heterocycles. The second-order valence-corrected chi connectivity index (χ2v) is 6.69. The Labute approximate surface area is 168 Å². The smallest absolute Gasteiger partial charge is 0.255 e. The third-order valence-electron chi connectivity index (χ3n) is 4.02. The van der Waals surface area contributed by atoms with Gasteiger partial charge in [-0.3, -0.25) is 9.59 Å². The van der Waals surface area contributed by atoms with Crippen molar-refractivity contribution in [3.63, 3.8) is 0 Å². The second kappa shape index (κ2) is 9.06. The summed E-state index contributed by atoms with van der Waals surface area (Å²) in [5, 5.41) is 9.19. The van der Waals surface area contributed by atoms with Gasteiger partial charge in [0.1, 0.15) is 0 Å². The molecule has 0 spiro atoms. The fourth-order valence-electron chi connectivity index (χ4n) is 2.61. The van der Waals surface area contributed by atoms with Gasteiger partial charge in [-0.25, -0.2) is 0 Å². The molecule has 0 saturated heterocycles. The molecule has 3 aromatic rings. The van der Waals surface area contributed by atoms with Gasteiger partial charge in [-0.1, -0.05) is 41.4 Å². The normalized spacial score (nSPS) is 10.2. The maximum Gasteiger partial charge on any atom is 0.255 e. The zero-order chi connectivity index (χ0) is 19.9. The molecule has 142 valence electrons. The van der Waals surface area contributed by atoms with Gasteiger partial charge < -0.3 is 16.0 Å². The number of rotatable bonds is 6. The van der Waals surface area contributed by atoms with Gasteiger partial charge >= 0.3 is 0 Å². The number of aryl methyl sites for hydroxylation is 1. The van der Waals surface area contributed by atoms with E-state index in [1.54, 1.807) is 42.5 Å². The molecular weight excluding hydrogens is 374 g/mol. The fourth-order valence-corrected chi connectivity index (χ4v) is 2.81. The third-order valence-corrected chi connectivity index (χ3v) is 4.35. The molecule has 3 rings (SSSR count). The van der Waals surface area contributed by atoms with Crippen molar-refractivity contribution in [3.05, 3.63) is 88.9 Å². The van der Waals surface area contributed by atoms with Crippen molar-refractivity contribution >= 4 is 40.5 Å². The van der Waals surface area contributed by atoms with E-state index in [1.807, 2.05) is 37.3 Å². The number of carbonyl (C=O) groups excluding carboxylic acids is 2. The highest BCUT2D eigenvalue weighted by Gasteiger charge is 2.07. The van der Waals surface area contributed by atoms with Gasteiger partial charge in [0.2, 0.25) is 5.91 Å². The van der Waals surface area contributed by atoms with Crippen molar-refractivity contribution < 1.29 is 9.59 Å². The van der Waals surface area contributed by atoms with Crippen LogP contribution < -0.4 is 16.0 Å². The van der Waals surface area contributed by atoms with Gasteiger partial charge in [0.05, 0.1) is 17.3 Å². The van der Waals surface area contributed by atoms with Crippen LogP contribution in [-0.2, 0) is 4.79 Å². The van der Waals surface area contributed by atoms with Gasteiger partial charge in [0.25, 0.3) is 5.91 Å². The second-order valence-electron chi connectivity index (χ2n) is 6.28. The Balaban J connectivity index is 1.53. The third kappa shape index (κ3) is 5.34. The van der Waals surface area contributed by atoms with Gasteiger partial charge in [-0.2, -0.15) is 0 Å². The summed E-state index contributed by atoms with van der Waals surface area (Å²) in [7, 11) is 0. The van der Waals surface area contributed by atoms with E-state index in [2.05, 4.69) is 16.0 Å². The van der Waals surface area contributed by atoms with E-state index in [0.717, 1.165) is 5.56 Å². The van der Waals surface area contributed by atoms with Crippen molar-refractivity contribution in [2.45, 2.75) is 6.92 Å². The maximum atomic E-state index is 12.3. The van der Waals surface area contributed by atoms with Crippen LogP contribution in [0, 0.1) is 6.92 Å². The van der Waals surface area contributed by atoms with E-state index in [0.29, 0.717) is 27.6 Å². The lowest BCUT2D eigenvalue weighted by atomic mass is 10.1. The minimum Gasteiger partial charge on any atom is -0.375 e. The summed E-state index contributed by atoms with van der Waals surface area (Å²) in [6.45, 7) is 2.03. The van der Waals surface area contributed by atoms with Crippen molar-refractivity contribution in [2.24, 2.45) is 0 Å². The standard InChI is InChI=1S/C22H20ClN3O2/c1-15-5-4-6-16(13-15)22(28)26-18-11-9-17(10-12-18)25-21(27)14-24-20-8-3-2-7-19(20)23/h2-13,24H,14H2,1H3,(H,25,27)(H,26,28). The largest absolute Gasteiger partial charge is 0.375 e. The Bertz CT molecular complexity index is 987. The molecule has 2 amide bonds. The summed E-state index contributed by atoms with van der Waals surface area (Å²) in [5.41, 5.74) is 3.62. The Morgan fingerprint density at radius 3 is 2.21 bits per heavy atom. The van der Waals surface area contributed by atoms with Crippen molar-refractivity contribution in [2.75, 3.05) is 22.5 Å². The zero-order valence-corrected chi connectivity index (χ0v) is 16.1. The van der Waals surface area contributed by atoms with Crippen LogP contribution in [0.5, 0.6) is 0 Å². The number of amides is 2. The molecule has 0 atom stereocenters. The quantitative estimate of drug-likeness (QED) is 0.554. The lowest BCUT2D eigenvalue weighted by molar-refractivity contribution is -0.114. The molecule has 0 unspecified atom stereocenters. The maximum absolute atomic E-state index is 12.3. The minimum absolute atomic E-state index is 0.0928. The van der Waals surface area contributed by atoms with Crippen LogP contribution in [0.4, 0.5) is 17.1 Å². The molecule has 3 aromatic carbocycles. The Kier molecular flexibility index (Phi) is 6.29. The summed E-state index contributed by atoms with van der Waals surface area (Å²) >= 11 is 6.05. The number of carbonyl (C=O) groups is 2. The Hall–Kier alpha value is -3.31. The van der Waals surface area contributed by atoms with Crippen LogP contribution in [-0.4, -0.2) is 18.4 Å². The highest BCUT2D eigenvalue weighted by atomic mass is 35.5. The van der Waals surface area contributed by atoms with E-state index < -0.39 is 0 Å². The van der Waals surface area contributed by atoms with Crippen LogP contribution in [0.3, 0.4) is 0 Å². The predicted octanol–water partition coefficient (Wildman–Crippen LogP) is 4.95. The highest BCUT2D eigenvalue weighted by Crippen LogP contribution is 2.20. The first-order valence-electron chi connectivity index (χ1n) is 8.77. The van der Waals surface area contributed by atoms with Crippen LogP contribution >= 0.6 is 11.6 Å². The number of anilines is 3. The lowest BCUT2D eigenvalue weighted by Gasteiger charge is -2.10. The molecule has 0 fully saturated rings. The average Bonchev–Trinajstić information content (AvgIpc) is 2.69. The first-order chi connectivity index (χ1) is 13.5. The minimum atomic E-state index is -0.198. The predicted molar refractivity (Wildman–Crippen MR) is 114 cm³/mol. The summed E-state index contributed by atoms with van der Waals surface area (Å²) < 4.78 is 0. The molecule has 5 nitrogen and oxygen atoms in total. The number of hydrogen-bond donors (Lipinski definition) is 3. The summed E-state index contributed by atoms with van der Waals surface area (Å²) in [6.07, 6.45) is 0. The molecule has 0 bridgehead atoms. The zero-order valence-electron chi connectivity index (χ0n) is 15.3. The Morgan fingerprint density at radius 1 is 0.857 bits per heavy atom. The number of para-hydroxylation sites is 1. The van der Waals surface area contributed by atoms with E-state index in [4.69, 9.17) is 11.6 Å². The van der Waals surface area contributed by atoms with Crippen molar-refractivity contribution in [3.8, 4) is 0 Å². The van der Waals surface area contributed by atoms with Gasteiger partial charge in [-0.05, 0) is 55.5 Å². The van der Waals surface area contributed by atoms with Crippen LogP contribution in [0.1, 0.15) is 15.9 Å². The highest BCUT2D eigenvalue weighted by molar-refractivity contribution is 6.33. The van der Waals surface area contributed by atoms with Crippen LogP contribution in [0.15, 0.2) is 72.8 Å². The average molecular weight is 394 g/mol. The number of benzene rings is 3. The monoisotopic (exact) mass is 393 g/mol. The number of nitrogens with one attached hydrogen (secondary N) is 3. The summed E-state index contributed by atoms with van der Waals surface area (Å²) in [6, 6.07) is 21.6. The van der Waals surface area contributed by atoms with E-state index in [-0.39, 0.29) is 18.4 Å².